The number of sulfonamides is 1. The maximum absolute atomic E-state index is 12.3. The van der Waals surface area contributed by atoms with E-state index < -0.39 is 10.0 Å². The molecule has 7 heteroatoms. The first-order valence-electron chi connectivity index (χ1n) is 5.63. The van der Waals surface area contributed by atoms with Crippen molar-refractivity contribution in [2.24, 2.45) is 0 Å². The quantitative estimate of drug-likeness (QED) is 0.838. The lowest BCUT2D eigenvalue weighted by Crippen LogP contribution is -2.17. The molecular weight excluding hydrogens is 266 g/mol. The number of nitrogens with one attached hydrogen (secondary N) is 1. The van der Waals surface area contributed by atoms with Crippen molar-refractivity contribution in [2.75, 3.05) is 10.5 Å². The van der Waals surface area contributed by atoms with Gasteiger partial charge in [-0.3, -0.25) is 4.72 Å². The van der Waals surface area contributed by atoms with Crippen LogP contribution in [0.4, 0.5) is 11.5 Å². The minimum atomic E-state index is -3.78. The summed E-state index contributed by atoms with van der Waals surface area (Å²) in [7, 11) is -3.78. The molecule has 0 atom stereocenters. The summed E-state index contributed by atoms with van der Waals surface area (Å²) in [6.07, 6.45) is 0. The van der Waals surface area contributed by atoms with Crippen LogP contribution in [0, 0.1) is 20.8 Å². The molecule has 1 aromatic heterocycles. The Morgan fingerprint density at radius 2 is 1.84 bits per heavy atom. The topological polar surface area (TPSA) is 98.2 Å². The van der Waals surface area contributed by atoms with Crippen LogP contribution < -0.4 is 10.5 Å². The molecule has 0 radical (unpaired) electrons. The first-order valence-corrected chi connectivity index (χ1v) is 7.11. The first-order chi connectivity index (χ1) is 8.81. The van der Waals surface area contributed by atoms with Gasteiger partial charge in [0.25, 0.3) is 10.0 Å². The summed E-state index contributed by atoms with van der Waals surface area (Å²) in [6, 6.07) is 5.00. The van der Waals surface area contributed by atoms with Crippen LogP contribution in [0.1, 0.15) is 16.9 Å². The number of rotatable bonds is 3. The minimum Gasteiger partial charge on any atom is -0.397 e. The van der Waals surface area contributed by atoms with Crippen molar-refractivity contribution in [3.05, 3.63) is 35.1 Å². The van der Waals surface area contributed by atoms with Crippen LogP contribution in [0.5, 0.6) is 0 Å². The maximum Gasteiger partial charge on any atom is 0.265 e. The number of aryl methyl sites for hydroxylation is 3. The largest absolute Gasteiger partial charge is 0.397 e. The lowest BCUT2D eigenvalue weighted by Gasteiger charge is -2.12. The third kappa shape index (κ3) is 2.55. The molecule has 19 heavy (non-hydrogen) atoms. The van der Waals surface area contributed by atoms with Crippen molar-refractivity contribution in [1.82, 2.24) is 5.16 Å². The molecule has 2 aromatic rings. The van der Waals surface area contributed by atoms with Crippen molar-refractivity contribution >= 4 is 21.5 Å². The Balaban J connectivity index is 2.48. The van der Waals surface area contributed by atoms with E-state index in [1.54, 1.807) is 32.9 Å². The molecule has 0 saturated heterocycles. The number of nitrogens with zero attached hydrogens (tertiary/aromatic N) is 1. The summed E-state index contributed by atoms with van der Waals surface area (Å²) in [5.74, 6) is 0.657. The molecule has 6 nitrogen and oxygen atoms in total. The van der Waals surface area contributed by atoms with Gasteiger partial charge in [0.1, 0.15) is 10.7 Å². The van der Waals surface area contributed by atoms with Gasteiger partial charge in [-0.05, 0) is 31.9 Å². The number of nitrogens with two attached hydrogens (primary N) is 1. The smallest absolute Gasteiger partial charge is 0.265 e. The molecule has 2 rings (SSSR count). The molecule has 0 saturated carbocycles. The van der Waals surface area contributed by atoms with Crippen LogP contribution in [0.2, 0.25) is 0 Å². The Morgan fingerprint density at radius 3 is 2.42 bits per heavy atom. The Bertz CT molecular complexity index is 720. The number of anilines is 2. The number of hydrogen-bond acceptors (Lipinski definition) is 5. The average molecular weight is 281 g/mol. The maximum atomic E-state index is 12.3. The number of aromatic nitrogens is 1. The third-order valence-electron chi connectivity index (χ3n) is 2.75. The summed E-state index contributed by atoms with van der Waals surface area (Å²) in [5.41, 5.74) is 7.40. The van der Waals surface area contributed by atoms with Gasteiger partial charge >= 0.3 is 0 Å². The third-order valence-corrected chi connectivity index (χ3v) is 4.30. The molecule has 3 N–H and O–H groups in total. The van der Waals surface area contributed by atoms with Gasteiger partial charge in [0, 0.05) is 6.07 Å². The van der Waals surface area contributed by atoms with Crippen LogP contribution >= 0.6 is 0 Å². The predicted octanol–water partition coefficient (Wildman–Crippen LogP) is 1.98. The monoisotopic (exact) mass is 281 g/mol. The van der Waals surface area contributed by atoms with Crippen molar-refractivity contribution in [1.29, 1.82) is 0 Å². The molecule has 102 valence electrons. The minimum absolute atomic E-state index is 0.0770. The zero-order valence-electron chi connectivity index (χ0n) is 10.9. The van der Waals surface area contributed by atoms with E-state index in [9.17, 15) is 8.42 Å². The molecule has 0 unspecified atom stereocenters. The zero-order chi connectivity index (χ0) is 14.2. The highest BCUT2D eigenvalue weighted by molar-refractivity contribution is 7.93. The van der Waals surface area contributed by atoms with Crippen molar-refractivity contribution < 1.29 is 12.9 Å². The molecule has 1 heterocycles. The van der Waals surface area contributed by atoms with E-state index in [1.807, 2.05) is 0 Å². The fraction of sp³-hybridized carbons (Fsp3) is 0.250. The second-order valence-corrected chi connectivity index (χ2v) is 5.99. The molecule has 1 aromatic carbocycles. The summed E-state index contributed by atoms with van der Waals surface area (Å²) in [5, 5.41) is 3.60. The predicted molar refractivity (Wildman–Crippen MR) is 72.4 cm³/mol. The molecular formula is C12H15N3O3S. The Labute approximate surface area is 111 Å². The average Bonchev–Trinajstić information content (AvgIpc) is 2.68. The first kappa shape index (κ1) is 13.4. The second kappa shape index (κ2) is 4.58. The van der Waals surface area contributed by atoms with Gasteiger partial charge in [0.05, 0.1) is 5.69 Å². The van der Waals surface area contributed by atoms with E-state index in [1.165, 1.54) is 6.07 Å². The number of benzene rings is 1. The molecule has 0 bridgehead atoms. The van der Waals surface area contributed by atoms with Crippen LogP contribution in [0.15, 0.2) is 27.6 Å². The van der Waals surface area contributed by atoms with Crippen molar-refractivity contribution in [3.8, 4) is 0 Å². The van der Waals surface area contributed by atoms with E-state index in [-0.39, 0.29) is 16.4 Å². The lowest BCUT2D eigenvalue weighted by molar-refractivity contribution is 0.400. The fourth-order valence-corrected chi connectivity index (χ4v) is 3.18. The van der Waals surface area contributed by atoms with Gasteiger partial charge in [-0.1, -0.05) is 17.3 Å². The van der Waals surface area contributed by atoms with Crippen LogP contribution in [0.25, 0.3) is 0 Å². The van der Waals surface area contributed by atoms with E-state index in [2.05, 4.69) is 9.88 Å². The SMILES string of the molecule is Cc1cc(NS(=O)(=O)c2c(C)ccc(C)c2N)no1. The molecule has 0 aliphatic heterocycles. The number of nitrogen functional groups attached to an aromatic ring is 1. The van der Waals surface area contributed by atoms with Crippen LogP contribution in [0.3, 0.4) is 0 Å². The second-order valence-electron chi connectivity index (χ2n) is 4.37. The number of hydrogen-bond donors (Lipinski definition) is 2. The lowest BCUT2D eigenvalue weighted by atomic mass is 10.1. The Kier molecular flexibility index (Phi) is 3.23. The Morgan fingerprint density at radius 1 is 1.21 bits per heavy atom. The Hall–Kier alpha value is -2.02. The van der Waals surface area contributed by atoms with E-state index >= 15 is 0 Å². The fourth-order valence-electron chi connectivity index (χ4n) is 1.77. The van der Waals surface area contributed by atoms with E-state index in [0.717, 1.165) is 0 Å². The summed E-state index contributed by atoms with van der Waals surface area (Å²) in [4.78, 5) is 0.0770. The van der Waals surface area contributed by atoms with E-state index in [0.29, 0.717) is 16.9 Å². The normalized spacial score (nSPS) is 11.5. The standard InChI is InChI=1S/C12H15N3O3S/c1-7-4-5-8(2)12(11(7)13)19(16,17)15-10-6-9(3)18-14-10/h4-6H,13H2,1-3H3,(H,14,15). The van der Waals surface area contributed by atoms with Gasteiger partial charge in [-0.2, -0.15) is 0 Å². The summed E-state index contributed by atoms with van der Waals surface area (Å²) < 4.78 is 31.8. The zero-order valence-corrected chi connectivity index (χ0v) is 11.7. The van der Waals surface area contributed by atoms with Crippen molar-refractivity contribution in [3.63, 3.8) is 0 Å². The highest BCUT2D eigenvalue weighted by atomic mass is 32.2. The molecule has 0 amide bonds. The molecule has 0 aliphatic carbocycles. The summed E-state index contributed by atoms with van der Waals surface area (Å²) in [6.45, 7) is 5.13. The van der Waals surface area contributed by atoms with Crippen LogP contribution in [-0.4, -0.2) is 13.6 Å². The van der Waals surface area contributed by atoms with Crippen molar-refractivity contribution in [2.45, 2.75) is 25.7 Å². The molecule has 0 spiro atoms. The van der Waals surface area contributed by atoms with E-state index in [4.69, 9.17) is 10.3 Å². The van der Waals surface area contributed by atoms with Gasteiger partial charge in [-0.15, -0.1) is 0 Å². The van der Waals surface area contributed by atoms with Crippen LogP contribution in [-0.2, 0) is 10.0 Å². The molecule has 0 fully saturated rings. The summed E-state index contributed by atoms with van der Waals surface area (Å²) >= 11 is 0. The van der Waals surface area contributed by atoms with Gasteiger partial charge in [-0.25, -0.2) is 8.42 Å². The van der Waals surface area contributed by atoms with Gasteiger partial charge < -0.3 is 10.3 Å². The van der Waals surface area contributed by atoms with Gasteiger partial charge in [0.15, 0.2) is 5.82 Å². The highest BCUT2D eigenvalue weighted by Crippen LogP contribution is 2.27. The molecule has 0 aliphatic rings. The highest BCUT2D eigenvalue weighted by Gasteiger charge is 2.22. The van der Waals surface area contributed by atoms with Gasteiger partial charge in [0.2, 0.25) is 0 Å².